The number of aliphatic hydroxyl groups is 1. The van der Waals surface area contributed by atoms with Crippen molar-refractivity contribution in [2.24, 2.45) is 41.2 Å². The summed E-state index contributed by atoms with van der Waals surface area (Å²) in [6, 6.07) is 7.81. The number of Topliss-reactive ketones (excluding diaryl/α,β-unsaturated/α-hetero) is 1. The zero-order valence-corrected chi connectivity index (χ0v) is 40.6. The van der Waals surface area contributed by atoms with Crippen LogP contribution in [0.1, 0.15) is 96.6 Å². The number of ether oxygens (including phenoxy) is 8. The highest BCUT2D eigenvalue weighted by Gasteiger charge is 2.60. The molecular formula is C50H80N4O11. The van der Waals surface area contributed by atoms with Gasteiger partial charge in [0.15, 0.2) is 18.4 Å². The monoisotopic (exact) mass is 913 g/mol. The number of carbonyl (C=O) groups excluding carboxylic acids is 2. The Hall–Kier alpha value is -2.96. The van der Waals surface area contributed by atoms with E-state index in [2.05, 4.69) is 37.3 Å². The van der Waals surface area contributed by atoms with Crippen LogP contribution in [0.5, 0.6) is 0 Å². The molecule has 7 N–H and O–H groups in total. The van der Waals surface area contributed by atoms with E-state index < -0.39 is 60.8 Å². The first-order chi connectivity index (χ1) is 30.7. The molecule has 1 aromatic rings. The lowest BCUT2D eigenvalue weighted by atomic mass is 9.62. The van der Waals surface area contributed by atoms with Crippen molar-refractivity contribution in [3.05, 3.63) is 53.2 Å². The number of nitrogens with one attached hydrogen (secondary N) is 1. The lowest BCUT2D eigenvalue weighted by Crippen LogP contribution is -2.59. The number of aliphatic hydroxyl groups excluding tert-OH is 1. The topological polar surface area (TPSA) is 204 Å². The van der Waals surface area contributed by atoms with Gasteiger partial charge in [0.25, 0.3) is 0 Å². The summed E-state index contributed by atoms with van der Waals surface area (Å²) in [4.78, 5) is 31.3. The van der Waals surface area contributed by atoms with Crippen molar-refractivity contribution in [1.82, 2.24) is 16.4 Å². The predicted molar refractivity (Wildman–Crippen MR) is 246 cm³/mol. The van der Waals surface area contributed by atoms with Crippen LogP contribution in [0.15, 0.2) is 42.1 Å². The van der Waals surface area contributed by atoms with Crippen molar-refractivity contribution in [2.75, 3.05) is 35.4 Å². The number of rotatable bonds is 12. The van der Waals surface area contributed by atoms with Gasteiger partial charge in [-0.1, -0.05) is 43.7 Å². The number of aryl methyl sites for hydroxylation is 1. The fraction of sp³-hybridized carbons (Fsp3) is 0.760. The number of nitrogens with two attached hydrogens (primary N) is 1. The minimum Gasteiger partial charge on any atom is -0.462 e. The molecule has 3 aliphatic carbocycles. The van der Waals surface area contributed by atoms with Crippen molar-refractivity contribution in [3.63, 3.8) is 0 Å². The Kier molecular flexibility index (Phi) is 17.7. The SMILES string of the molecule is CC[C@H]1CCC[C@H](O[C@H]2CC[C@H](N(C)C)C(C)O2)[C@@H](C)C(=O)C2=C[C@H]3[C@@H]4C[C@H](O[C@@H]5OC(C)[C@H](OC)C(OC)[C@@H]5OC)C[C@H]4C(N/C=C(\N)c4cccc(C)c4)C(O)[C@H]3[C@@H]2CC(=O)O1.N. The van der Waals surface area contributed by atoms with Gasteiger partial charge in [-0.2, -0.15) is 0 Å². The van der Waals surface area contributed by atoms with Gasteiger partial charge in [-0.25, -0.2) is 0 Å². The molecule has 0 aromatic heterocycles. The van der Waals surface area contributed by atoms with E-state index in [9.17, 15) is 9.90 Å². The van der Waals surface area contributed by atoms with Gasteiger partial charge >= 0.3 is 5.97 Å². The summed E-state index contributed by atoms with van der Waals surface area (Å²) in [5.41, 5.74) is 9.79. The molecule has 5 fully saturated rings. The maximum atomic E-state index is 15.1. The number of ketones is 1. The summed E-state index contributed by atoms with van der Waals surface area (Å²) in [6.07, 6.45) is 4.85. The molecule has 0 spiro atoms. The van der Waals surface area contributed by atoms with E-state index in [0.717, 1.165) is 30.4 Å². The molecule has 0 bridgehead atoms. The number of hydrogen-bond donors (Lipinski definition) is 4. The number of methoxy groups -OCH3 is 3. The van der Waals surface area contributed by atoms with Gasteiger partial charge in [-0.15, -0.1) is 0 Å². The van der Waals surface area contributed by atoms with Crippen molar-refractivity contribution >= 4 is 17.4 Å². The first-order valence-corrected chi connectivity index (χ1v) is 24.0. The molecule has 3 heterocycles. The van der Waals surface area contributed by atoms with E-state index in [-0.39, 0.29) is 78.6 Å². The zero-order valence-electron chi connectivity index (χ0n) is 40.6. The maximum absolute atomic E-state index is 15.1. The van der Waals surface area contributed by atoms with Gasteiger partial charge in [0.1, 0.15) is 24.4 Å². The van der Waals surface area contributed by atoms with E-state index >= 15 is 4.79 Å². The van der Waals surface area contributed by atoms with E-state index in [1.54, 1.807) is 27.5 Å². The molecule has 5 unspecified atom stereocenters. The first-order valence-electron chi connectivity index (χ1n) is 24.0. The summed E-state index contributed by atoms with van der Waals surface area (Å²) in [5.74, 6) is -2.21. The molecule has 65 heavy (non-hydrogen) atoms. The lowest BCUT2D eigenvalue weighted by molar-refractivity contribution is -0.314. The smallest absolute Gasteiger partial charge is 0.306 e. The number of allylic oxidation sites excluding steroid dienone is 2. The molecule has 0 amide bonds. The number of esters is 1. The molecule has 7 rings (SSSR count). The van der Waals surface area contributed by atoms with Gasteiger partial charge in [0.2, 0.25) is 0 Å². The van der Waals surface area contributed by atoms with Crippen molar-refractivity contribution < 1.29 is 52.6 Å². The van der Waals surface area contributed by atoms with Crippen LogP contribution in [0.4, 0.5) is 0 Å². The number of fused-ring (bicyclic) bond motifs is 5. The minimum atomic E-state index is -0.942. The molecule has 1 aromatic carbocycles. The van der Waals surface area contributed by atoms with Gasteiger partial charge in [-0.05, 0) is 121 Å². The normalized spacial score (nSPS) is 41.5. The van der Waals surface area contributed by atoms with Crippen LogP contribution in [-0.4, -0.2) is 137 Å². The Bertz CT molecular complexity index is 1810. The van der Waals surface area contributed by atoms with Crippen LogP contribution in [0.3, 0.4) is 0 Å². The molecule has 15 heteroatoms. The molecule has 366 valence electrons. The standard InChI is InChI=1S/C50H77N3O11.H3N/c1-11-31-16-13-17-40(64-42-19-18-39(53(6)7)28(4)60-42)27(3)45(55)37-23-34-33-21-32(63-50-49(59-10)48(58-9)47(57-8)29(5)61-50)22-36(33)44(46(56)43(34)35(37)24-41(54)62-31)52-25-38(51)30-15-12-14-26(2)20-30;/h12,14-15,20,23,25,27-29,31-36,39-40,42-44,46-50,52,56H,11,13,16-19,21-22,24,51H2,1-10H3;1H3/b38-25-;/t27-,28?,29?,31+,32+,33+,34+,35-,36-,39+,40+,42+,43-,44?,46?,47+,48?,49+,50+;/m1./s1. The highest BCUT2D eigenvalue weighted by atomic mass is 16.7. The molecule has 3 saturated heterocycles. The summed E-state index contributed by atoms with van der Waals surface area (Å²) in [6.45, 7) is 10.1. The predicted octanol–water partition coefficient (Wildman–Crippen LogP) is 5.68. The Morgan fingerprint density at radius 3 is 2.32 bits per heavy atom. The van der Waals surface area contributed by atoms with Crippen LogP contribution in [0.2, 0.25) is 0 Å². The van der Waals surface area contributed by atoms with Crippen LogP contribution in [0.25, 0.3) is 5.70 Å². The van der Waals surface area contributed by atoms with Gasteiger partial charge < -0.3 is 65.1 Å². The third-order valence-electron chi connectivity index (χ3n) is 15.7. The molecule has 3 aliphatic heterocycles. The van der Waals surface area contributed by atoms with E-state index in [4.69, 9.17) is 43.6 Å². The summed E-state index contributed by atoms with van der Waals surface area (Å²) >= 11 is 0. The highest BCUT2D eigenvalue weighted by molar-refractivity contribution is 5.99. The largest absolute Gasteiger partial charge is 0.462 e. The number of nitrogens with zero attached hydrogens (tertiary/aromatic N) is 1. The molecule has 19 atom stereocenters. The Morgan fingerprint density at radius 2 is 1.66 bits per heavy atom. The van der Waals surface area contributed by atoms with E-state index in [1.807, 2.05) is 52.0 Å². The van der Waals surface area contributed by atoms with Gasteiger partial charge in [0.05, 0.1) is 48.7 Å². The van der Waals surface area contributed by atoms with Crippen LogP contribution < -0.4 is 17.2 Å². The third kappa shape index (κ3) is 11.0. The maximum Gasteiger partial charge on any atom is 0.306 e. The summed E-state index contributed by atoms with van der Waals surface area (Å²) in [5, 5.41) is 16.4. The van der Waals surface area contributed by atoms with Crippen LogP contribution in [-0.2, 0) is 47.5 Å². The number of cyclic esters (lactones) is 1. The average molecular weight is 913 g/mol. The Labute approximate surface area is 387 Å². The van der Waals surface area contributed by atoms with Crippen LogP contribution >= 0.6 is 0 Å². The van der Waals surface area contributed by atoms with Crippen molar-refractivity contribution in [3.8, 4) is 0 Å². The second-order valence-electron chi connectivity index (χ2n) is 19.8. The zero-order chi connectivity index (χ0) is 46.0. The number of benzene rings is 1. The van der Waals surface area contributed by atoms with Gasteiger partial charge in [0, 0.05) is 51.3 Å². The number of hydrogen-bond acceptors (Lipinski definition) is 15. The second kappa shape index (κ2) is 22.4. The minimum absolute atomic E-state index is 0. The second-order valence-corrected chi connectivity index (χ2v) is 19.8. The summed E-state index contributed by atoms with van der Waals surface area (Å²) < 4.78 is 50.3. The molecule has 15 nitrogen and oxygen atoms in total. The summed E-state index contributed by atoms with van der Waals surface area (Å²) in [7, 11) is 9.04. The van der Waals surface area contributed by atoms with Crippen LogP contribution in [0, 0.1) is 42.4 Å². The molecule has 2 saturated carbocycles. The molecular weight excluding hydrogens is 833 g/mol. The Morgan fingerprint density at radius 1 is 0.938 bits per heavy atom. The third-order valence-corrected chi connectivity index (χ3v) is 15.7. The fourth-order valence-electron chi connectivity index (χ4n) is 12.3. The highest BCUT2D eigenvalue weighted by Crippen LogP contribution is 2.57. The van der Waals surface area contributed by atoms with Crippen molar-refractivity contribution in [1.29, 1.82) is 0 Å². The fourth-order valence-corrected chi connectivity index (χ4v) is 12.3. The average Bonchev–Trinajstić information content (AvgIpc) is 3.85. The number of carbonyl (C=O) groups is 2. The van der Waals surface area contributed by atoms with E-state index in [1.165, 1.54) is 0 Å². The molecule has 6 aliphatic rings. The number of likely N-dealkylation sites (N-methyl/N-ethyl adjacent to an activating group) is 1. The lowest BCUT2D eigenvalue weighted by Gasteiger charge is -2.47. The van der Waals surface area contributed by atoms with Crippen molar-refractivity contribution in [2.45, 2.75) is 172 Å². The first kappa shape index (κ1) is 51.4. The van der Waals surface area contributed by atoms with E-state index in [0.29, 0.717) is 43.4 Å². The Balaban J connectivity index is 0.00000700. The quantitative estimate of drug-likeness (QED) is 0.186. The van der Waals surface area contributed by atoms with Gasteiger partial charge in [-0.3, -0.25) is 9.59 Å². The molecule has 0 radical (unpaired) electrons.